The maximum absolute atomic E-state index is 12.5. The Bertz CT molecular complexity index is 789. The molecule has 2 atom stereocenters. The molecule has 1 fully saturated rings. The van der Waals surface area contributed by atoms with Crippen molar-refractivity contribution in [2.45, 2.75) is 38.0 Å². The van der Waals surface area contributed by atoms with Gasteiger partial charge < -0.3 is 19.5 Å². The van der Waals surface area contributed by atoms with E-state index >= 15 is 0 Å². The van der Waals surface area contributed by atoms with Crippen LogP contribution in [0.3, 0.4) is 0 Å². The highest BCUT2D eigenvalue weighted by Crippen LogP contribution is 2.30. The van der Waals surface area contributed by atoms with Crippen molar-refractivity contribution in [3.8, 4) is 11.5 Å². The van der Waals surface area contributed by atoms with E-state index in [1.165, 1.54) is 19.2 Å². The number of alkyl halides is 2. The number of nitrogens with one attached hydrogen (secondary N) is 1. The highest BCUT2D eigenvalue weighted by molar-refractivity contribution is 5.79. The molecule has 1 aromatic heterocycles. The van der Waals surface area contributed by atoms with E-state index in [9.17, 15) is 13.6 Å². The summed E-state index contributed by atoms with van der Waals surface area (Å²) in [5.74, 6) is -0.0887. The number of benzene rings is 1. The molecule has 0 spiro atoms. The van der Waals surface area contributed by atoms with Gasteiger partial charge in [-0.2, -0.15) is 8.78 Å². The highest BCUT2D eigenvalue weighted by atomic mass is 19.3. The molecule has 1 aliphatic rings. The number of hydrogen-bond acceptors (Lipinski definition) is 5. The first-order valence-corrected chi connectivity index (χ1v) is 8.97. The predicted octanol–water partition coefficient (Wildman–Crippen LogP) is 3.27. The minimum absolute atomic E-state index is 0.0190. The quantitative estimate of drug-likeness (QED) is 0.783. The number of rotatable bonds is 7. The van der Waals surface area contributed by atoms with Gasteiger partial charge in [0, 0.05) is 25.0 Å². The van der Waals surface area contributed by atoms with Gasteiger partial charge in [0.05, 0.1) is 19.6 Å². The van der Waals surface area contributed by atoms with E-state index in [4.69, 9.17) is 9.47 Å². The zero-order valence-corrected chi connectivity index (χ0v) is 15.4. The van der Waals surface area contributed by atoms with Crippen LogP contribution in [-0.4, -0.2) is 37.3 Å². The van der Waals surface area contributed by atoms with Crippen molar-refractivity contribution in [2.24, 2.45) is 0 Å². The number of pyridine rings is 1. The zero-order chi connectivity index (χ0) is 19.9. The van der Waals surface area contributed by atoms with Crippen LogP contribution in [-0.2, 0) is 16.0 Å². The lowest BCUT2D eigenvalue weighted by molar-refractivity contribution is -0.122. The average molecular weight is 392 g/mol. The van der Waals surface area contributed by atoms with E-state index in [1.54, 1.807) is 18.5 Å². The molecule has 0 radical (unpaired) electrons. The molecule has 0 saturated carbocycles. The van der Waals surface area contributed by atoms with E-state index in [-0.39, 0.29) is 36.0 Å². The van der Waals surface area contributed by atoms with E-state index in [0.717, 1.165) is 12.0 Å². The molecule has 1 saturated heterocycles. The Hall–Kier alpha value is -2.74. The molecule has 1 N–H and O–H groups in total. The van der Waals surface area contributed by atoms with Crippen molar-refractivity contribution in [3.63, 3.8) is 0 Å². The van der Waals surface area contributed by atoms with Crippen molar-refractivity contribution in [2.75, 3.05) is 13.7 Å². The lowest BCUT2D eigenvalue weighted by atomic mass is 9.98. The van der Waals surface area contributed by atoms with Crippen molar-refractivity contribution < 1.29 is 27.8 Å². The fraction of sp³-hybridized carbons (Fsp3) is 0.400. The Balaban J connectivity index is 1.59. The molecule has 2 unspecified atom stereocenters. The Morgan fingerprint density at radius 3 is 2.79 bits per heavy atom. The topological polar surface area (TPSA) is 69.7 Å². The molecule has 1 aromatic carbocycles. The third-order valence-corrected chi connectivity index (χ3v) is 4.54. The monoisotopic (exact) mass is 392 g/mol. The van der Waals surface area contributed by atoms with Crippen LogP contribution >= 0.6 is 0 Å². The first-order chi connectivity index (χ1) is 13.5. The van der Waals surface area contributed by atoms with Crippen LogP contribution in [0.2, 0.25) is 0 Å². The summed E-state index contributed by atoms with van der Waals surface area (Å²) in [6, 6.07) is 8.34. The van der Waals surface area contributed by atoms with Gasteiger partial charge in [0.25, 0.3) is 0 Å². The first kappa shape index (κ1) is 20.0. The summed E-state index contributed by atoms with van der Waals surface area (Å²) in [7, 11) is 1.37. The second-order valence-electron chi connectivity index (χ2n) is 6.47. The van der Waals surface area contributed by atoms with Crippen molar-refractivity contribution >= 4 is 5.91 Å². The lowest BCUT2D eigenvalue weighted by Gasteiger charge is -2.30. The smallest absolute Gasteiger partial charge is 0.387 e. The number of nitrogens with zero attached hydrogens (tertiary/aromatic N) is 1. The molecule has 0 bridgehead atoms. The molecule has 8 heteroatoms. The van der Waals surface area contributed by atoms with Gasteiger partial charge in [-0.05, 0) is 48.2 Å². The Labute approximate surface area is 161 Å². The van der Waals surface area contributed by atoms with Crippen LogP contribution in [0.4, 0.5) is 8.78 Å². The van der Waals surface area contributed by atoms with E-state index in [2.05, 4.69) is 15.0 Å². The number of amides is 1. The molecule has 2 aromatic rings. The SMILES string of the molecule is COc1ccc(CC(=O)NC2CCOC(c3ccncc3)C2)cc1OC(F)F. The largest absolute Gasteiger partial charge is 0.493 e. The lowest BCUT2D eigenvalue weighted by Crippen LogP contribution is -2.40. The van der Waals surface area contributed by atoms with Crippen LogP contribution in [0.1, 0.15) is 30.1 Å². The Morgan fingerprint density at radius 2 is 2.07 bits per heavy atom. The van der Waals surface area contributed by atoms with Gasteiger partial charge in [-0.1, -0.05) is 6.07 Å². The summed E-state index contributed by atoms with van der Waals surface area (Å²) < 4.78 is 40.3. The fourth-order valence-corrected chi connectivity index (χ4v) is 3.22. The van der Waals surface area contributed by atoms with E-state index in [1.807, 2.05) is 12.1 Å². The average Bonchev–Trinajstić information content (AvgIpc) is 2.68. The fourth-order valence-electron chi connectivity index (χ4n) is 3.22. The van der Waals surface area contributed by atoms with Gasteiger partial charge in [0.1, 0.15) is 0 Å². The number of methoxy groups -OCH3 is 1. The number of carbonyl (C=O) groups excluding carboxylic acids is 1. The summed E-state index contributed by atoms with van der Waals surface area (Å²) in [5.41, 5.74) is 1.59. The van der Waals surface area contributed by atoms with Crippen molar-refractivity contribution in [3.05, 3.63) is 53.9 Å². The molecular formula is C20H22F2N2O4. The summed E-state index contributed by atoms with van der Waals surface area (Å²) in [6.45, 7) is -2.42. The normalized spacial score (nSPS) is 19.3. The summed E-state index contributed by atoms with van der Waals surface area (Å²) >= 11 is 0. The van der Waals surface area contributed by atoms with Crippen LogP contribution in [0.15, 0.2) is 42.7 Å². The van der Waals surface area contributed by atoms with Gasteiger partial charge in [-0.15, -0.1) is 0 Å². The van der Waals surface area contributed by atoms with Gasteiger partial charge in [-0.25, -0.2) is 0 Å². The van der Waals surface area contributed by atoms with E-state index in [0.29, 0.717) is 18.6 Å². The summed E-state index contributed by atoms with van der Waals surface area (Å²) in [4.78, 5) is 16.4. The van der Waals surface area contributed by atoms with Crippen LogP contribution in [0.25, 0.3) is 0 Å². The minimum Gasteiger partial charge on any atom is -0.493 e. The number of ether oxygens (including phenoxy) is 3. The number of carbonyl (C=O) groups is 1. The minimum atomic E-state index is -2.97. The Morgan fingerprint density at radius 1 is 1.29 bits per heavy atom. The second kappa shape index (κ2) is 9.45. The molecule has 0 aliphatic carbocycles. The third kappa shape index (κ3) is 5.39. The van der Waals surface area contributed by atoms with Crippen molar-refractivity contribution in [1.82, 2.24) is 10.3 Å². The Kier molecular flexibility index (Phi) is 6.76. The molecule has 3 rings (SSSR count). The van der Waals surface area contributed by atoms with Gasteiger partial charge in [0.2, 0.25) is 5.91 Å². The predicted molar refractivity (Wildman–Crippen MR) is 97.4 cm³/mol. The molecule has 28 heavy (non-hydrogen) atoms. The highest BCUT2D eigenvalue weighted by Gasteiger charge is 2.25. The molecule has 1 aliphatic heterocycles. The van der Waals surface area contributed by atoms with Crippen LogP contribution < -0.4 is 14.8 Å². The first-order valence-electron chi connectivity index (χ1n) is 8.97. The molecule has 150 valence electrons. The van der Waals surface area contributed by atoms with Crippen LogP contribution in [0, 0.1) is 0 Å². The standard InChI is InChI=1S/C20H22F2N2O4/c1-26-16-3-2-13(10-18(16)28-20(21)22)11-19(25)24-15-6-9-27-17(12-15)14-4-7-23-8-5-14/h2-5,7-8,10,15,17,20H,6,9,11-12H2,1H3,(H,24,25). The molecule has 6 nitrogen and oxygen atoms in total. The maximum atomic E-state index is 12.5. The van der Waals surface area contributed by atoms with Crippen LogP contribution in [0.5, 0.6) is 11.5 Å². The maximum Gasteiger partial charge on any atom is 0.387 e. The van der Waals surface area contributed by atoms with Gasteiger partial charge in [-0.3, -0.25) is 9.78 Å². The number of halogens is 2. The van der Waals surface area contributed by atoms with Gasteiger partial charge in [0.15, 0.2) is 11.5 Å². The van der Waals surface area contributed by atoms with Crippen molar-refractivity contribution in [1.29, 1.82) is 0 Å². The zero-order valence-electron chi connectivity index (χ0n) is 15.4. The summed E-state index contributed by atoms with van der Waals surface area (Å²) in [5, 5.41) is 3.00. The molecular weight excluding hydrogens is 370 g/mol. The number of aromatic nitrogens is 1. The number of hydrogen-bond donors (Lipinski definition) is 1. The molecule has 1 amide bonds. The molecule has 2 heterocycles. The van der Waals surface area contributed by atoms with E-state index < -0.39 is 6.61 Å². The second-order valence-corrected chi connectivity index (χ2v) is 6.47. The summed E-state index contributed by atoms with van der Waals surface area (Å²) in [6.07, 6.45) is 4.77. The third-order valence-electron chi connectivity index (χ3n) is 4.54. The van der Waals surface area contributed by atoms with Gasteiger partial charge >= 0.3 is 6.61 Å².